The van der Waals surface area contributed by atoms with Crippen LogP contribution in [0.4, 0.5) is 0 Å². The number of unbranched alkanes of at least 4 members (excludes halogenated alkanes) is 1. The fraction of sp³-hybridized carbons (Fsp3) is 0.889. The topological polar surface area (TPSA) is 17.1 Å². The van der Waals surface area contributed by atoms with Crippen molar-refractivity contribution in [3.63, 3.8) is 0 Å². The number of alkyl halides is 1. The highest BCUT2D eigenvalue weighted by Gasteiger charge is 2.19. The molecule has 66 valence electrons. The molecule has 0 saturated heterocycles. The Kier molecular flexibility index (Phi) is 4.98. The number of hydrogen-bond donors (Lipinski definition) is 0. The van der Waals surface area contributed by atoms with Gasteiger partial charge in [-0.1, -0.05) is 36.7 Å². The van der Waals surface area contributed by atoms with E-state index in [1.807, 2.05) is 20.8 Å². The number of carbonyl (C=O) groups excluding carboxylic acids is 1. The summed E-state index contributed by atoms with van der Waals surface area (Å²) in [5.41, 5.74) is -0.147. The van der Waals surface area contributed by atoms with Gasteiger partial charge in [0.1, 0.15) is 5.78 Å². The van der Waals surface area contributed by atoms with E-state index in [4.69, 9.17) is 0 Å². The molecule has 0 aliphatic rings. The average molecular weight is 221 g/mol. The maximum Gasteiger partial charge on any atom is 0.138 e. The third kappa shape index (κ3) is 5.42. The minimum absolute atomic E-state index is 0.147. The van der Waals surface area contributed by atoms with Crippen LogP contribution in [0.25, 0.3) is 0 Å². The Labute approximate surface area is 77.7 Å². The van der Waals surface area contributed by atoms with Crippen molar-refractivity contribution >= 4 is 21.7 Å². The maximum atomic E-state index is 11.3. The average Bonchev–Trinajstić information content (AvgIpc) is 1.86. The molecule has 0 aliphatic heterocycles. The molecule has 0 radical (unpaired) electrons. The first kappa shape index (κ1) is 11.2. The molecule has 0 aromatic heterocycles. The lowest BCUT2D eigenvalue weighted by atomic mass is 9.88. The van der Waals surface area contributed by atoms with Crippen molar-refractivity contribution in [3.8, 4) is 0 Å². The molecule has 0 aromatic carbocycles. The lowest BCUT2D eigenvalue weighted by Gasteiger charge is -2.15. The molecular formula is C9H17BrO. The summed E-state index contributed by atoms with van der Waals surface area (Å²) < 4.78 is 0. The summed E-state index contributed by atoms with van der Waals surface area (Å²) in [6.45, 7) is 5.93. The SMILES string of the molecule is CC(C)(C)C(=O)CCCCBr. The minimum Gasteiger partial charge on any atom is -0.299 e. The Bertz CT molecular complexity index is 124. The van der Waals surface area contributed by atoms with E-state index in [0.717, 1.165) is 24.6 Å². The summed E-state index contributed by atoms with van der Waals surface area (Å²) in [5, 5.41) is 1.00. The standard InChI is InChI=1S/C9H17BrO/c1-9(2,3)8(11)6-4-5-7-10/h4-7H2,1-3H3. The van der Waals surface area contributed by atoms with Gasteiger partial charge in [-0.3, -0.25) is 4.79 Å². The zero-order valence-corrected chi connectivity index (χ0v) is 9.20. The normalized spacial score (nSPS) is 11.6. The van der Waals surface area contributed by atoms with Gasteiger partial charge in [0.15, 0.2) is 0 Å². The molecule has 11 heavy (non-hydrogen) atoms. The molecule has 0 atom stereocenters. The predicted molar refractivity (Wildman–Crippen MR) is 52.1 cm³/mol. The lowest BCUT2D eigenvalue weighted by Crippen LogP contribution is -2.19. The Hall–Kier alpha value is 0.150. The second-order valence-corrected chi connectivity index (χ2v) is 4.61. The smallest absolute Gasteiger partial charge is 0.138 e. The Morgan fingerprint density at radius 2 is 1.82 bits per heavy atom. The van der Waals surface area contributed by atoms with Crippen molar-refractivity contribution in [2.45, 2.75) is 40.0 Å². The van der Waals surface area contributed by atoms with Crippen LogP contribution >= 0.6 is 15.9 Å². The molecule has 0 rings (SSSR count). The minimum atomic E-state index is -0.147. The molecule has 2 heteroatoms. The molecular weight excluding hydrogens is 204 g/mol. The molecule has 0 heterocycles. The largest absolute Gasteiger partial charge is 0.299 e. The van der Waals surface area contributed by atoms with E-state index in [9.17, 15) is 4.79 Å². The van der Waals surface area contributed by atoms with Gasteiger partial charge in [-0.05, 0) is 12.8 Å². The summed E-state index contributed by atoms with van der Waals surface area (Å²) in [4.78, 5) is 11.3. The maximum absolute atomic E-state index is 11.3. The second kappa shape index (κ2) is 4.91. The van der Waals surface area contributed by atoms with Crippen LogP contribution in [-0.2, 0) is 4.79 Å². The molecule has 0 fully saturated rings. The van der Waals surface area contributed by atoms with Crippen molar-refractivity contribution in [2.24, 2.45) is 5.41 Å². The lowest BCUT2D eigenvalue weighted by molar-refractivity contribution is -0.126. The Balaban J connectivity index is 3.54. The fourth-order valence-electron chi connectivity index (χ4n) is 0.755. The van der Waals surface area contributed by atoms with Crippen LogP contribution in [0.2, 0.25) is 0 Å². The van der Waals surface area contributed by atoms with Gasteiger partial charge in [0, 0.05) is 17.2 Å². The van der Waals surface area contributed by atoms with E-state index in [-0.39, 0.29) is 5.41 Å². The van der Waals surface area contributed by atoms with E-state index < -0.39 is 0 Å². The highest BCUT2D eigenvalue weighted by atomic mass is 79.9. The van der Waals surface area contributed by atoms with Crippen LogP contribution < -0.4 is 0 Å². The molecule has 0 spiro atoms. The highest BCUT2D eigenvalue weighted by Crippen LogP contribution is 2.18. The molecule has 0 aromatic rings. The monoisotopic (exact) mass is 220 g/mol. The molecule has 0 saturated carbocycles. The van der Waals surface area contributed by atoms with Crippen LogP contribution in [0, 0.1) is 5.41 Å². The number of ketones is 1. The summed E-state index contributed by atoms with van der Waals surface area (Å²) in [6.07, 6.45) is 2.85. The Morgan fingerprint density at radius 3 is 2.18 bits per heavy atom. The van der Waals surface area contributed by atoms with Gasteiger partial charge in [-0.2, -0.15) is 0 Å². The van der Waals surface area contributed by atoms with E-state index in [0.29, 0.717) is 5.78 Å². The van der Waals surface area contributed by atoms with Crippen molar-refractivity contribution in [1.82, 2.24) is 0 Å². The molecule has 1 nitrogen and oxygen atoms in total. The zero-order valence-electron chi connectivity index (χ0n) is 7.61. The number of halogens is 1. The number of hydrogen-bond acceptors (Lipinski definition) is 1. The van der Waals surface area contributed by atoms with Gasteiger partial charge >= 0.3 is 0 Å². The number of Topliss-reactive ketones (excluding diaryl/α,β-unsaturated/α-hetero) is 1. The van der Waals surface area contributed by atoms with E-state index in [2.05, 4.69) is 15.9 Å². The van der Waals surface area contributed by atoms with Crippen LogP contribution in [0.3, 0.4) is 0 Å². The van der Waals surface area contributed by atoms with E-state index in [1.54, 1.807) is 0 Å². The molecule has 0 N–H and O–H groups in total. The molecule has 0 aliphatic carbocycles. The van der Waals surface area contributed by atoms with Crippen molar-refractivity contribution in [3.05, 3.63) is 0 Å². The van der Waals surface area contributed by atoms with Gasteiger partial charge in [0.25, 0.3) is 0 Å². The molecule has 0 bridgehead atoms. The van der Waals surface area contributed by atoms with Crippen molar-refractivity contribution in [1.29, 1.82) is 0 Å². The number of carbonyl (C=O) groups is 1. The van der Waals surface area contributed by atoms with E-state index in [1.165, 1.54) is 0 Å². The highest BCUT2D eigenvalue weighted by molar-refractivity contribution is 9.09. The van der Waals surface area contributed by atoms with Gasteiger partial charge in [0.2, 0.25) is 0 Å². The summed E-state index contributed by atoms with van der Waals surface area (Å²) in [5.74, 6) is 0.374. The summed E-state index contributed by atoms with van der Waals surface area (Å²) in [7, 11) is 0. The van der Waals surface area contributed by atoms with Crippen LogP contribution in [0.1, 0.15) is 40.0 Å². The van der Waals surface area contributed by atoms with E-state index >= 15 is 0 Å². The van der Waals surface area contributed by atoms with Crippen LogP contribution in [0.15, 0.2) is 0 Å². The number of rotatable bonds is 4. The first-order valence-electron chi connectivity index (χ1n) is 4.07. The molecule has 0 amide bonds. The predicted octanol–water partition coefficient (Wildman–Crippen LogP) is 3.17. The van der Waals surface area contributed by atoms with Gasteiger partial charge < -0.3 is 0 Å². The fourth-order valence-corrected chi connectivity index (χ4v) is 1.15. The van der Waals surface area contributed by atoms with Crippen molar-refractivity contribution in [2.75, 3.05) is 5.33 Å². The third-order valence-electron chi connectivity index (χ3n) is 1.62. The third-order valence-corrected chi connectivity index (χ3v) is 2.18. The van der Waals surface area contributed by atoms with Gasteiger partial charge in [-0.25, -0.2) is 0 Å². The first-order chi connectivity index (χ1) is 4.98. The van der Waals surface area contributed by atoms with Crippen LogP contribution in [-0.4, -0.2) is 11.1 Å². The summed E-state index contributed by atoms with van der Waals surface area (Å²) >= 11 is 3.34. The van der Waals surface area contributed by atoms with Gasteiger partial charge in [0.05, 0.1) is 0 Å². The second-order valence-electron chi connectivity index (χ2n) is 3.82. The summed E-state index contributed by atoms with van der Waals surface area (Å²) in [6, 6.07) is 0. The van der Waals surface area contributed by atoms with Gasteiger partial charge in [-0.15, -0.1) is 0 Å². The Morgan fingerprint density at radius 1 is 1.27 bits per heavy atom. The zero-order chi connectivity index (χ0) is 8.91. The first-order valence-corrected chi connectivity index (χ1v) is 5.20. The molecule has 0 unspecified atom stereocenters. The van der Waals surface area contributed by atoms with Crippen LogP contribution in [0.5, 0.6) is 0 Å². The quantitative estimate of drug-likeness (QED) is 0.526. The van der Waals surface area contributed by atoms with Crippen molar-refractivity contribution < 1.29 is 4.79 Å².